The van der Waals surface area contributed by atoms with Crippen molar-refractivity contribution in [2.45, 2.75) is 0 Å². The predicted octanol–water partition coefficient (Wildman–Crippen LogP) is -0.838. The Morgan fingerprint density at radius 3 is 2.17 bits per heavy atom. The van der Waals surface area contributed by atoms with Gasteiger partial charge in [0.1, 0.15) is 0 Å². The van der Waals surface area contributed by atoms with Gasteiger partial charge < -0.3 is 11.1 Å². The minimum atomic E-state index is 0. The molecule has 6 heavy (non-hydrogen) atoms. The van der Waals surface area contributed by atoms with Crippen molar-refractivity contribution in [3.63, 3.8) is 0 Å². The van der Waals surface area contributed by atoms with E-state index in [0.717, 1.165) is 13.1 Å². The average Bonchev–Trinajstić information content (AvgIpc) is 1.41. The number of likely N-dealkylation sites (N-methyl/N-ethyl adjacent to an activating group) is 1. The Morgan fingerprint density at radius 1 is 1.67 bits per heavy atom. The summed E-state index contributed by atoms with van der Waals surface area (Å²) in [7, 11) is 1.88. The van der Waals surface area contributed by atoms with Crippen LogP contribution in [0.2, 0.25) is 0 Å². The van der Waals surface area contributed by atoms with Crippen LogP contribution in [0.5, 0.6) is 0 Å². The van der Waals surface area contributed by atoms with Crippen LogP contribution >= 0.6 is 0 Å². The number of hydrogen-bond acceptors (Lipinski definition) is 2. The van der Waals surface area contributed by atoms with Gasteiger partial charge >= 0.3 is 0 Å². The topological polar surface area (TPSA) is 38.0 Å². The quantitative estimate of drug-likeness (QED) is 0.544. The van der Waals surface area contributed by atoms with E-state index in [1.807, 2.05) is 7.05 Å². The summed E-state index contributed by atoms with van der Waals surface area (Å²) in [5.41, 5.74) is 5.08. The van der Waals surface area contributed by atoms with Crippen molar-refractivity contribution < 1.29 is 20.4 Å². The molecule has 2 nitrogen and oxygen atoms in total. The van der Waals surface area contributed by atoms with Gasteiger partial charge in [-0.2, -0.15) is 0 Å². The van der Waals surface area contributed by atoms with Gasteiger partial charge in [-0.05, 0) is 7.05 Å². The van der Waals surface area contributed by atoms with Crippen molar-refractivity contribution >= 4 is 0 Å². The molecule has 0 aliphatic heterocycles. The Bertz CT molecular complexity index is 16.3. The summed E-state index contributed by atoms with van der Waals surface area (Å²) in [6, 6.07) is 0. The molecule has 0 aliphatic carbocycles. The third kappa shape index (κ3) is 8.82. The summed E-state index contributed by atoms with van der Waals surface area (Å²) in [6.07, 6.45) is 0. The monoisotopic (exact) mass is 180 g/mol. The van der Waals surface area contributed by atoms with Gasteiger partial charge in [-0.1, -0.05) is 0 Å². The summed E-state index contributed by atoms with van der Waals surface area (Å²) in [5.74, 6) is 0. The maximum absolute atomic E-state index is 5.08. The molecule has 0 saturated carbocycles. The minimum Gasteiger partial charge on any atom is -0.329 e. The molecular weight excluding hydrogens is 170 g/mol. The number of hydrogen-bond donors (Lipinski definition) is 2. The molecule has 0 amide bonds. The first-order valence-electron chi connectivity index (χ1n) is 1.76. The molecule has 0 aliphatic rings. The minimum absolute atomic E-state index is 0. The molecule has 0 unspecified atom stereocenters. The van der Waals surface area contributed by atoms with Crippen molar-refractivity contribution in [1.29, 1.82) is 0 Å². The largest absolute Gasteiger partial charge is 0.329 e. The molecule has 0 atom stereocenters. The first-order valence-corrected chi connectivity index (χ1v) is 1.76. The predicted molar refractivity (Wildman–Crippen MR) is 23.0 cm³/mol. The van der Waals surface area contributed by atoms with E-state index in [9.17, 15) is 0 Å². The molecule has 42 valence electrons. The van der Waals surface area contributed by atoms with Gasteiger partial charge in [-0.25, -0.2) is 0 Å². The SMILES string of the molecule is CNCCN.[Pd]. The standard InChI is InChI=1S/C3H10N2.Pd/c1-5-3-2-4;/h5H,2-4H2,1H3;. The fraction of sp³-hybridized carbons (Fsp3) is 1.00. The van der Waals surface area contributed by atoms with E-state index in [-0.39, 0.29) is 20.4 Å². The number of nitrogens with one attached hydrogen (secondary N) is 1. The van der Waals surface area contributed by atoms with E-state index in [4.69, 9.17) is 5.73 Å². The van der Waals surface area contributed by atoms with Gasteiger partial charge in [-0.3, -0.25) is 0 Å². The third-order valence-corrected chi connectivity index (χ3v) is 0.394. The van der Waals surface area contributed by atoms with E-state index in [0.29, 0.717) is 0 Å². The van der Waals surface area contributed by atoms with Crippen molar-refractivity contribution in [3.05, 3.63) is 0 Å². The van der Waals surface area contributed by atoms with E-state index in [1.54, 1.807) is 0 Å². The van der Waals surface area contributed by atoms with Crippen LogP contribution in [-0.2, 0) is 20.4 Å². The molecule has 0 aromatic rings. The summed E-state index contributed by atoms with van der Waals surface area (Å²) in [4.78, 5) is 0. The Labute approximate surface area is 52.1 Å². The van der Waals surface area contributed by atoms with Gasteiger partial charge in [0.2, 0.25) is 0 Å². The number of nitrogens with two attached hydrogens (primary N) is 1. The van der Waals surface area contributed by atoms with Crippen LogP contribution in [0.4, 0.5) is 0 Å². The molecule has 0 aromatic heterocycles. The molecule has 3 N–H and O–H groups in total. The van der Waals surface area contributed by atoms with Gasteiger partial charge in [-0.15, -0.1) is 0 Å². The zero-order valence-corrected chi connectivity index (χ0v) is 5.36. The van der Waals surface area contributed by atoms with Crippen LogP contribution in [0, 0.1) is 0 Å². The zero-order valence-electron chi connectivity index (χ0n) is 3.81. The zero-order chi connectivity index (χ0) is 4.12. The third-order valence-electron chi connectivity index (χ3n) is 0.394. The molecule has 0 aromatic carbocycles. The smallest absolute Gasteiger partial charge is 0.00714 e. The van der Waals surface area contributed by atoms with Crippen molar-refractivity contribution in [1.82, 2.24) is 5.32 Å². The van der Waals surface area contributed by atoms with Crippen LogP contribution in [0.25, 0.3) is 0 Å². The molecule has 0 rings (SSSR count). The van der Waals surface area contributed by atoms with Crippen LogP contribution in [0.15, 0.2) is 0 Å². The summed E-state index contributed by atoms with van der Waals surface area (Å²) < 4.78 is 0. The van der Waals surface area contributed by atoms with Gasteiger partial charge in [0, 0.05) is 33.5 Å². The molecule has 0 saturated heterocycles. The molecule has 0 radical (unpaired) electrons. The molecule has 3 heteroatoms. The van der Waals surface area contributed by atoms with E-state index < -0.39 is 0 Å². The fourth-order valence-corrected chi connectivity index (χ4v) is 0.144. The van der Waals surface area contributed by atoms with Gasteiger partial charge in [0.15, 0.2) is 0 Å². The molecule has 0 bridgehead atoms. The Balaban J connectivity index is 0. The normalized spacial score (nSPS) is 7.00. The average molecular weight is 181 g/mol. The maximum Gasteiger partial charge on any atom is 0.00714 e. The van der Waals surface area contributed by atoms with Crippen molar-refractivity contribution in [2.75, 3.05) is 20.1 Å². The van der Waals surface area contributed by atoms with Crippen LogP contribution in [0.3, 0.4) is 0 Å². The number of rotatable bonds is 2. The van der Waals surface area contributed by atoms with Gasteiger partial charge in [0.05, 0.1) is 0 Å². The van der Waals surface area contributed by atoms with Gasteiger partial charge in [0.25, 0.3) is 0 Å². The summed E-state index contributed by atoms with van der Waals surface area (Å²) >= 11 is 0. The second kappa shape index (κ2) is 9.13. The second-order valence-corrected chi connectivity index (χ2v) is 0.892. The Kier molecular flexibility index (Phi) is 14.9. The summed E-state index contributed by atoms with van der Waals surface area (Å²) in [6.45, 7) is 1.65. The fourth-order valence-electron chi connectivity index (χ4n) is 0.144. The Hall–Kier alpha value is 0.582. The first-order chi connectivity index (χ1) is 2.41. The molecular formula is C3H10N2Pd. The Morgan fingerprint density at radius 2 is 2.17 bits per heavy atom. The molecule has 0 fully saturated rings. The first kappa shape index (κ1) is 9.77. The van der Waals surface area contributed by atoms with Crippen LogP contribution in [-0.4, -0.2) is 20.1 Å². The van der Waals surface area contributed by atoms with E-state index in [2.05, 4.69) is 5.32 Å². The summed E-state index contributed by atoms with van der Waals surface area (Å²) in [5, 5.41) is 2.89. The van der Waals surface area contributed by atoms with E-state index >= 15 is 0 Å². The van der Waals surface area contributed by atoms with Crippen LogP contribution in [0.1, 0.15) is 0 Å². The second-order valence-electron chi connectivity index (χ2n) is 0.892. The maximum atomic E-state index is 5.08. The van der Waals surface area contributed by atoms with E-state index in [1.165, 1.54) is 0 Å². The van der Waals surface area contributed by atoms with Crippen molar-refractivity contribution in [2.24, 2.45) is 5.73 Å². The molecule has 0 heterocycles. The molecule has 0 spiro atoms. The van der Waals surface area contributed by atoms with Crippen LogP contribution < -0.4 is 11.1 Å². The van der Waals surface area contributed by atoms with Crippen molar-refractivity contribution in [3.8, 4) is 0 Å².